The fraction of sp³-hybridized carbons (Fsp3) is 0.471. The molecule has 4 nitrogen and oxygen atoms in total. The lowest BCUT2D eigenvalue weighted by Gasteiger charge is -2.29. The highest BCUT2D eigenvalue weighted by atomic mass is 35.5. The van der Waals surface area contributed by atoms with Gasteiger partial charge in [-0.2, -0.15) is 0 Å². The van der Waals surface area contributed by atoms with Gasteiger partial charge in [0, 0.05) is 24.2 Å². The van der Waals surface area contributed by atoms with E-state index in [1.807, 2.05) is 0 Å². The molecule has 124 valence electrons. The van der Waals surface area contributed by atoms with Gasteiger partial charge in [0.15, 0.2) is 5.96 Å². The molecule has 2 rings (SSSR count). The van der Waals surface area contributed by atoms with Crippen LogP contribution in [0.25, 0.3) is 0 Å². The van der Waals surface area contributed by atoms with Crippen LogP contribution in [-0.4, -0.2) is 44.1 Å². The van der Waals surface area contributed by atoms with Gasteiger partial charge < -0.3 is 10.6 Å². The molecular formula is C17H22ClFN4. The molecule has 2 N–H and O–H groups in total. The van der Waals surface area contributed by atoms with Crippen molar-refractivity contribution in [2.45, 2.75) is 18.9 Å². The van der Waals surface area contributed by atoms with E-state index >= 15 is 0 Å². The second-order valence-corrected chi connectivity index (χ2v) is 5.81. The number of nitrogens with one attached hydrogen (secondary N) is 2. The van der Waals surface area contributed by atoms with Gasteiger partial charge in [-0.25, -0.2) is 4.39 Å². The normalized spacial score (nSPS) is 16.9. The Hall–Kier alpha value is -1.77. The van der Waals surface area contributed by atoms with Crippen LogP contribution in [0.1, 0.15) is 24.4 Å². The predicted molar refractivity (Wildman–Crippen MR) is 93.2 cm³/mol. The van der Waals surface area contributed by atoms with E-state index in [4.69, 9.17) is 18.0 Å². The molecule has 1 aromatic rings. The topological polar surface area (TPSA) is 39.7 Å². The van der Waals surface area contributed by atoms with E-state index in [-0.39, 0.29) is 11.9 Å². The zero-order valence-corrected chi connectivity index (χ0v) is 14.0. The van der Waals surface area contributed by atoms with Crippen molar-refractivity contribution in [3.05, 3.63) is 34.6 Å². The first kappa shape index (κ1) is 17.6. The van der Waals surface area contributed by atoms with Crippen molar-refractivity contribution >= 4 is 17.6 Å². The highest BCUT2D eigenvalue weighted by Crippen LogP contribution is 2.31. The molecule has 1 aliphatic rings. The van der Waals surface area contributed by atoms with Crippen molar-refractivity contribution in [2.75, 3.05) is 33.2 Å². The average Bonchev–Trinajstić information content (AvgIpc) is 3.07. The minimum absolute atomic E-state index is 0.143. The van der Waals surface area contributed by atoms with Gasteiger partial charge in [0.05, 0.1) is 12.6 Å². The van der Waals surface area contributed by atoms with E-state index in [2.05, 4.69) is 26.4 Å². The van der Waals surface area contributed by atoms with E-state index < -0.39 is 0 Å². The Morgan fingerprint density at radius 2 is 2.17 bits per heavy atom. The van der Waals surface area contributed by atoms with E-state index in [1.54, 1.807) is 19.2 Å². The minimum atomic E-state index is -0.275. The first-order chi connectivity index (χ1) is 11.2. The van der Waals surface area contributed by atoms with E-state index in [0.717, 1.165) is 25.9 Å². The van der Waals surface area contributed by atoms with Crippen molar-refractivity contribution in [1.29, 1.82) is 0 Å². The Kier molecular flexibility index (Phi) is 6.69. The van der Waals surface area contributed by atoms with Crippen LogP contribution in [-0.2, 0) is 0 Å². The lowest BCUT2D eigenvalue weighted by molar-refractivity contribution is 0.240. The molecule has 6 heteroatoms. The number of halogens is 2. The molecule has 0 aromatic heterocycles. The third-order valence-corrected chi connectivity index (χ3v) is 4.29. The quantitative estimate of drug-likeness (QED) is 0.493. The molecular weight excluding hydrogens is 315 g/mol. The minimum Gasteiger partial charge on any atom is -0.354 e. The second-order valence-electron chi connectivity index (χ2n) is 5.40. The van der Waals surface area contributed by atoms with Crippen LogP contribution in [0.5, 0.6) is 0 Å². The summed E-state index contributed by atoms with van der Waals surface area (Å²) in [6.45, 7) is 2.76. The Labute approximate surface area is 142 Å². The fourth-order valence-corrected chi connectivity index (χ4v) is 3.13. The summed E-state index contributed by atoms with van der Waals surface area (Å²) in [4.78, 5) is 6.37. The monoisotopic (exact) mass is 336 g/mol. The van der Waals surface area contributed by atoms with Crippen LogP contribution in [0.2, 0.25) is 5.02 Å². The molecule has 0 radical (unpaired) electrons. The van der Waals surface area contributed by atoms with Gasteiger partial charge in [0.25, 0.3) is 0 Å². The summed E-state index contributed by atoms with van der Waals surface area (Å²) in [5.41, 5.74) is 0.538. The zero-order valence-electron chi connectivity index (χ0n) is 13.3. The average molecular weight is 337 g/mol. The Morgan fingerprint density at radius 3 is 2.78 bits per heavy atom. The van der Waals surface area contributed by atoms with Gasteiger partial charge in [-0.1, -0.05) is 23.6 Å². The van der Waals surface area contributed by atoms with E-state index in [9.17, 15) is 4.39 Å². The van der Waals surface area contributed by atoms with Gasteiger partial charge >= 0.3 is 0 Å². The molecule has 1 heterocycles. The first-order valence-electron chi connectivity index (χ1n) is 7.73. The molecule has 23 heavy (non-hydrogen) atoms. The Bertz CT molecular complexity index is 570. The van der Waals surface area contributed by atoms with Crippen molar-refractivity contribution in [3.63, 3.8) is 0 Å². The van der Waals surface area contributed by atoms with Crippen molar-refractivity contribution in [3.8, 4) is 12.3 Å². The lowest BCUT2D eigenvalue weighted by atomic mass is 10.0. The number of rotatable bonds is 5. The Morgan fingerprint density at radius 1 is 1.43 bits per heavy atom. The molecule has 1 fully saturated rings. The number of benzene rings is 1. The first-order valence-corrected chi connectivity index (χ1v) is 8.11. The van der Waals surface area contributed by atoms with Gasteiger partial charge in [0.2, 0.25) is 0 Å². The largest absolute Gasteiger partial charge is 0.354 e. The summed E-state index contributed by atoms with van der Waals surface area (Å²) in [5.74, 6) is 2.82. The van der Waals surface area contributed by atoms with Gasteiger partial charge in [-0.15, -0.1) is 6.42 Å². The van der Waals surface area contributed by atoms with E-state index in [0.29, 0.717) is 29.6 Å². The second kappa shape index (κ2) is 8.76. The molecule has 0 bridgehead atoms. The number of hydrogen-bond donors (Lipinski definition) is 2. The maximum atomic E-state index is 14.4. The summed E-state index contributed by atoms with van der Waals surface area (Å²) in [6.07, 6.45) is 7.48. The molecule has 0 amide bonds. The van der Waals surface area contributed by atoms with Gasteiger partial charge in [-0.05, 0) is 38.1 Å². The van der Waals surface area contributed by atoms with E-state index in [1.165, 1.54) is 6.07 Å². The summed E-state index contributed by atoms with van der Waals surface area (Å²) < 4.78 is 14.4. The molecule has 0 spiro atoms. The smallest absolute Gasteiger partial charge is 0.191 e. The maximum absolute atomic E-state index is 14.4. The van der Waals surface area contributed by atoms with Crippen molar-refractivity contribution < 1.29 is 4.39 Å². The number of hydrogen-bond acceptors (Lipinski definition) is 2. The molecule has 1 saturated heterocycles. The number of guanidine groups is 1. The van der Waals surface area contributed by atoms with Crippen LogP contribution >= 0.6 is 11.6 Å². The van der Waals surface area contributed by atoms with Gasteiger partial charge in [0.1, 0.15) is 5.82 Å². The fourth-order valence-electron chi connectivity index (χ4n) is 2.84. The third kappa shape index (κ3) is 4.60. The van der Waals surface area contributed by atoms with Gasteiger partial charge in [-0.3, -0.25) is 9.89 Å². The Balaban J connectivity index is 2.17. The standard InChI is InChI=1S/C17H22ClFN4/c1-3-9-21-17(20-2)22-12-15(23-10-4-5-11-23)16-13(18)7-6-8-14(16)19/h1,6-8,15H,4-5,9-12H2,2H3,(H2,20,21,22). The van der Waals surface area contributed by atoms with Crippen LogP contribution in [0.15, 0.2) is 23.2 Å². The van der Waals surface area contributed by atoms with Crippen LogP contribution < -0.4 is 10.6 Å². The number of likely N-dealkylation sites (tertiary alicyclic amines) is 1. The highest BCUT2D eigenvalue weighted by molar-refractivity contribution is 6.31. The molecule has 1 atom stereocenters. The lowest BCUT2D eigenvalue weighted by Crippen LogP contribution is -2.43. The van der Waals surface area contributed by atoms with Crippen LogP contribution in [0, 0.1) is 18.2 Å². The van der Waals surface area contributed by atoms with Crippen molar-refractivity contribution in [1.82, 2.24) is 15.5 Å². The summed E-state index contributed by atoms with van der Waals surface area (Å²) in [6, 6.07) is 4.67. The van der Waals surface area contributed by atoms with Crippen LogP contribution in [0.3, 0.4) is 0 Å². The number of aliphatic imine (C=N–C) groups is 1. The molecule has 0 aliphatic carbocycles. The molecule has 1 unspecified atom stereocenters. The SMILES string of the molecule is C#CCNC(=NC)NCC(c1c(F)cccc1Cl)N1CCCC1. The van der Waals surface area contributed by atoms with Crippen molar-refractivity contribution in [2.24, 2.45) is 4.99 Å². The summed E-state index contributed by atoms with van der Waals surface area (Å²) in [7, 11) is 1.67. The molecule has 1 aromatic carbocycles. The zero-order chi connectivity index (χ0) is 16.7. The number of nitrogens with zero attached hydrogens (tertiary/aromatic N) is 2. The highest BCUT2D eigenvalue weighted by Gasteiger charge is 2.27. The molecule has 1 aliphatic heterocycles. The van der Waals surface area contributed by atoms with Crippen LogP contribution in [0.4, 0.5) is 4.39 Å². The predicted octanol–water partition coefficient (Wildman–Crippen LogP) is 2.41. The maximum Gasteiger partial charge on any atom is 0.191 e. The summed E-state index contributed by atoms with van der Waals surface area (Å²) >= 11 is 6.27. The molecule has 0 saturated carbocycles. The number of terminal acetylenes is 1. The summed E-state index contributed by atoms with van der Waals surface area (Å²) in [5, 5.41) is 6.67. The third-order valence-electron chi connectivity index (χ3n) is 3.96.